The van der Waals surface area contributed by atoms with Crippen LogP contribution in [-0.4, -0.2) is 19.0 Å². The minimum atomic E-state index is -0.775. The Morgan fingerprint density at radius 2 is 1.93 bits per heavy atom. The summed E-state index contributed by atoms with van der Waals surface area (Å²) in [5, 5.41) is 2.75. The van der Waals surface area contributed by atoms with Crippen molar-refractivity contribution in [2.45, 2.75) is 12.0 Å². The molecule has 0 aliphatic carbocycles. The molecular formula is C10H13ClN2O. The van der Waals surface area contributed by atoms with Crippen molar-refractivity contribution in [2.75, 3.05) is 14.1 Å². The van der Waals surface area contributed by atoms with E-state index in [0.717, 1.165) is 12.1 Å². The number of nitrogens with zero attached hydrogens (tertiary/aromatic N) is 2. The molecule has 1 aromatic rings. The highest BCUT2D eigenvalue weighted by atomic mass is 35.5. The molecule has 1 unspecified atom stereocenters. The Hall–Kier alpha value is -0.930. The van der Waals surface area contributed by atoms with Gasteiger partial charge in [0.05, 0.1) is 0 Å². The fraction of sp³-hybridized carbons (Fsp3) is 0.400. The largest absolute Gasteiger partial charge is 0.305 e. The Morgan fingerprint density at radius 3 is 2.36 bits per heavy atom. The third-order valence-electron chi connectivity index (χ3n) is 1.85. The smallest absolute Gasteiger partial charge is 0.190 e. The number of benzene rings is 1. The predicted molar refractivity (Wildman–Crippen MR) is 58.2 cm³/mol. The van der Waals surface area contributed by atoms with E-state index in [0.29, 0.717) is 0 Å². The number of hydrogen-bond acceptors (Lipinski definition) is 3. The van der Waals surface area contributed by atoms with Crippen molar-refractivity contribution in [1.82, 2.24) is 4.90 Å². The molecule has 0 bridgehead atoms. The van der Waals surface area contributed by atoms with Crippen molar-refractivity contribution in [3.8, 4) is 0 Å². The van der Waals surface area contributed by atoms with Gasteiger partial charge in [-0.3, -0.25) is 0 Å². The fourth-order valence-corrected chi connectivity index (χ4v) is 1.35. The topological polar surface area (TPSA) is 32.7 Å². The van der Waals surface area contributed by atoms with Gasteiger partial charge < -0.3 is 4.90 Å². The lowest BCUT2D eigenvalue weighted by atomic mass is 10.1. The summed E-state index contributed by atoms with van der Waals surface area (Å²) >= 11 is 5.66. The molecule has 0 heterocycles. The van der Waals surface area contributed by atoms with Gasteiger partial charge in [0, 0.05) is 6.54 Å². The van der Waals surface area contributed by atoms with Crippen molar-refractivity contribution >= 4 is 11.6 Å². The number of alkyl halides is 1. The SMILES string of the molecule is CN(C)Cc1ccc(C(Cl)N=O)cc1. The van der Waals surface area contributed by atoms with Gasteiger partial charge in [0.15, 0.2) is 5.50 Å². The summed E-state index contributed by atoms with van der Waals surface area (Å²) in [4.78, 5) is 12.3. The zero-order chi connectivity index (χ0) is 10.6. The Bertz CT molecular complexity index is 297. The molecular weight excluding hydrogens is 200 g/mol. The van der Waals surface area contributed by atoms with Crippen LogP contribution in [0.3, 0.4) is 0 Å². The van der Waals surface area contributed by atoms with E-state index < -0.39 is 5.50 Å². The normalized spacial score (nSPS) is 12.9. The van der Waals surface area contributed by atoms with E-state index in [2.05, 4.69) is 10.1 Å². The number of nitroso groups, excluding NO2 is 1. The van der Waals surface area contributed by atoms with Gasteiger partial charge in [0.2, 0.25) is 0 Å². The molecule has 0 fully saturated rings. The summed E-state index contributed by atoms with van der Waals surface area (Å²) in [5.74, 6) is 0. The minimum Gasteiger partial charge on any atom is -0.305 e. The van der Waals surface area contributed by atoms with Crippen LogP contribution in [0.15, 0.2) is 29.4 Å². The van der Waals surface area contributed by atoms with Crippen molar-refractivity contribution in [1.29, 1.82) is 0 Å². The second kappa shape index (κ2) is 5.08. The van der Waals surface area contributed by atoms with Crippen LogP contribution in [0.1, 0.15) is 16.6 Å². The van der Waals surface area contributed by atoms with Gasteiger partial charge in [-0.1, -0.05) is 35.9 Å². The maximum Gasteiger partial charge on any atom is 0.190 e. The van der Waals surface area contributed by atoms with Crippen LogP contribution in [0.25, 0.3) is 0 Å². The second-order valence-corrected chi connectivity index (χ2v) is 3.83. The summed E-state index contributed by atoms with van der Waals surface area (Å²) in [6.07, 6.45) is 0. The van der Waals surface area contributed by atoms with Gasteiger partial charge in [0.25, 0.3) is 0 Å². The van der Waals surface area contributed by atoms with E-state index in [1.807, 2.05) is 38.4 Å². The number of hydrogen-bond donors (Lipinski definition) is 0. The summed E-state index contributed by atoms with van der Waals surface area (Å²) in [6, 6.07) is 7.57. The monoisotopic (exact) mass is 212 g/mol. The lowest BCUT2D eigenvalue weighted by Gasteiger charge is -2.10. The van der Waals surface area contributed by atoms with E-state index in [1.54, 1.807) is 0 Å². The number of rotatable bonds is 4. The Labute approximate surface area is 88.6 Å². The molecule has 0 N–H and O–H groups in total. The van der Waals surface area contributed by atoms with Gasteiger partial charge in [-0.2, -0.15) is 0 Å². The van der Waals surface area contributed by atoms with Crippen LogP contribution < -0.4 is 0 Å². The van der Waals surface area contributed by atoms with Crippen LogP contribution in [0.4, 0.5) is 0 Å². The molecule has 1 aromatic carbocycles. The molecule has 0 amide bonds. The van der Waals surface area contributed by atoms with Crippen LogP contribution in [0.2, 0.25) is 0 Å². The molecule has 0 aromatic heterocycles. The molecule has 0 radical (unpaired) electrons. The van der Waals surface area contributed by atoms with Crippen molar-refractivity contribution in [3.05, 3.63) is 40.3 Å². The van der Waals surface area contributed by atoms with Crippen molar-refractivity contribution in [2.24, 2.45) is 5.18 Å². The first-order valence-corrected chi connectivity index (χ1v) is 4.77. The summed E-state index contributed by atoms with van der Waals surface area (Å²) in [6.45, 7) is 0.877. The van der Waals surface area contributed by atoms with Crippen LogP contribution in [0.5, 0.6) is 0 Å². The first kappa shape index (κ1) is 11.1. The highest BCUT2D eigenvalue weighted by Gasteiger charge is 2.06. The van der Waals surface area contributed by atoms with Crippen molar-refractivity contribution in [3.63, 3.8) is 0 Å². The van der Waals surface area contributed by atoms with Gasteiger partial charge in [-0.15, -0.1) is 4.91 Å². The van der Waals surface area contributed by atoms with E-state index in [1.165, 1.54) is 5.56 Å². The lowest BCUT2D eigenvalue weighted by Crippen LogP contribution is -2.10. The standard InChI is InChI=1S/C10H13ClN2O/c1-13(2)7-8-3-5-9(6-4-8)10(11)12-14/h3-6,10H,7H2,1-2H3. The second-order valence-electron chi connectivity index (χ2n) is 3.42. The van der Waals surface area contributed by atoms with Gasteiger partial charge in [-0.05, 0) is 30.4 Å². The molecule has 3 nitrogen and oxygen atoms in total. The minimum absolute atomic E-state index is 0.740. The van der Waals surface area contributed by atoms with Crippen LogP contribution in [0, 0.1) is 4.91 Å². The van der Waals surface area contributed by atoms with E-state index >= 15 is 0 Å². The fourth-order valence-electron chi connectivity index (χ4n) is 1.21. The Kier molecular flexibility index (Phi) is 4.04. The quantitative estimate of drug-likeness (QED) is 0.437. The van der Waals surface area contributed by atoms with E-state index in [9.17, 15) is 4.91 Å². The number of halogens is 1. The maximum atomic E-state index is 10.2. The van der Waals surface area contributed by atoms with Gasteiger partial charge in [-0.25, -0.2) is 0 Å². The van der Waals surface area contributed by atoms with Crippen LogP contribution in [-0.2, 0) is 6.54 Å². The van der Waals surface area contributed by atoms with E-state index in [4.69, 9.17) is 11.6 Å². The molecule has 0 aliphatic rings. The third-order valence-corrected chi connectivity index (χ3v) is 2.18. The zero-order valence-corrected chi connectivity index (χ0v) is 9.03. The highest BCUT2D eigenvalue weighted by molar-refractivity contribution is 6.20. The van der Waals surface area contributed by atoms with Gasteiger partial charge >= 0.3 is 0 Å². The first-order valence-electron chi connectivity index (χ1n) is 4.33. The molecule has 0 spiro atoms. The Balaban J connectivity index is 2.73. The molecule has 76 valence electrons. The first-order chi connectivity index (χ1) is 6.63. The zero-order valence-electron chi connectivity index (χ0n) is 8.27. The third kappa shape index (κ3) is 3.09. The highest BCUT2D eigenvalue weighted by Crippen LogP contribution is 2.21. The summed E-state index contributed by atoms with van der Waals surface area (Å²) < 4.78 is 0. The average molecular weight is 213 g/mol. The molecule has 0 saturated heterocycles. The average Bonchev–Trinajstić information content (AvgIpc) is 2.17. The van der Waals surface area contributed by atoms with Crippen LogP contribution >= 0.6 is 11.6 Å². The molecule has 0 saturated carbocycles. The molecule has 1 atom stereocenters. The molecule has 1 rings (SSSR count). The van der Waals surface area contributed by atoms with E-state index in [-0.39, 0.29) is 0 Å². The van der Waals surface area contributed by atoms with Crippen molar-refractivity contribution < 1.29 is 0 Å². The predicted octanol–water partition coefficient (Wildman–Crippen LogP) is 2.75. The summed E-state index contributed by atoms with van der Waals surface area (Å²) in [5.41, 5.74) is 1.15. The summed E-state index contributed by atoms with van der Waals surface area (Å²) in [7, 11) is 4.01. The maximum absolute atomic E-state index is 10.2. The molecule has 0 aliphatic heterocycles. The Morgan fingerprint density at radius 1 is 1.36 bits per heavy atom. The molecule has 4 heteroatoms. The lowest BCUT2D eigenvalue weighted by molar-refractivity contribution is 0.402. The van der Waals surface area contributed by atoms with Gasteiger partial charge in [0.1, 0.15) is 0 Å². The molecule has 14 heavy (non-hydrogen) atoms.